The fraction of sp³-hybridized carbons (Fsp3) is 0.611. The molecule has 21 heavy (non-hydrogen) atoms. The molecule has 2 unspecified atom stereocenters. The van der Waals surface area contributed by atoms with Crippen molar-refractivity contribution in [2.75, 3.05) is 0 Å². The molecule has 2 atom stereocenters. The van der Waals surface area contributed by atoms with Crippen LogP contribution in [0.2, 0.25) is 0 Å². The minimum atomic E-state index is -1.50. The summed E-state index contributed by atoms with van der Waals surface area (Å²) in [6.07, 6.45) is 7.52. The van der Waals surface area contributed by atoms with E-state index in [0.29, 0.717) is 0 Å². The molecule has 0 aromatic rings. The van der Waals surface area contributed by atoms with Gasteiger partial charge in [-0.25, -0.2) is 0 Å². The second-order valence-electron chi connectivity index (χ2n) is 7.01. The van der Waals surface area contributed by atoms with Crippen molar-refractivity contribution in [1.82, 2.24) is 0 Å². The summed E-state index contributed by atoms with van der Waals surface area (Å²) in [5.41, 5.74) is -2.43. The molecule has 3 nitrogen and oxygen atoms in total. The molecule has 2 saturated carbocycles. The zero-order valence-electron chi connectivity index (χ0n) is 13.5. The maximum Gasteiger partial charge on any atom is 0.177 e. The second-order valence-corrected chi connectivity index (χ2v) is 7.01. The minimum Gasteiger partial charge on any atom is -0.297 e. The molecule has 2 aliphatic rings. The van der Waals surface area contributed by atoms with Crippen LogP contribution in [-0.4, -0.2) is 17.3 Å². The smallest absolute Gasteiger partial charge is 0.177 e. The number of hydrogen-bond acceptors (Lipinski definition) is 3. The lowest BCUT2D eigenvalue weighted by molar-refractivity contribution is -0.150. The van der Waals surface area contributed by atoms with Crippen molar-refractivity contribution >= 4 is 17.3 Å². The molecule has 2 bridgehead atoms. The average Bonchev–Trinajstić information content (AvgIpc) is 2.71. The van der Waals surface area contributed by atoms with E-state index in [0.717, 1.165) is 12.8 Å². The fourth-order valence-corrected chi connectivity index (χ4v) is 4.51. The summed E-state index contributed by atoms with van der Waals surface area (Å²) in [7, 11) is 0. The van der Waals surface area contributed by atoms with E-state index in [-0.39, 0.29) is 28.7 Å². The van der Waals surface area contributed by atoms with Crippen LogP contribution in [0.25, 0.3) is 0 Å². The molecule has 2 fully saturated rings. The molecule has 2 aliphatic carbocycles. The third kappa shape index (κ3) is 1.63. The first kappa shape index (κ1) is 15.9. The summed E-state index contributed by atoms with van der Waals surface area (Å²) >= 11 is 0. The number of fused-ring (bicyclic) bond motifs is 2. The van der Waals surface area contributed by atoms with Crippen LogP contribution >= 0.6 is 0 Å². The first-order valence-corrected chi connectivity index (χ1v) is 7.60. The van der Waals surface area contributed by atoms with Gasteiger partial charge in [0.2, 0.25) is 0 Å². The van der Waals surface area contributed by atoms with Crippen molar-refractivity contribution < 1.29 is 14.4 Å². The van der Waals surface area contributed by atoms with E-state index < -0.39 is 10.8 Å². The van der Waals surface area contributed by atoms with Gasteiger partial charge >= 0.3 is 0 Å². The first-order chi connectivity index (χ1) is 9.71. The van der Waals surface area contributed by atoms with Gasteiger partial charge in [-0.15, -0.1) is 0 Å². The highest BCUT2D eigenvalue weighted by molar-refractivity contribution is 6.32. The first-order valence-electron chi connectivity index (χ1n) is 7.60. The Morgan fingerprint density at radius 2 is 1.52 bits per heavy atom. The standard InChI is InChI=1S/C18H24O3/c1-6-8-13(19)18(14(20)9-7-2)12-10-11-17(5,15(18)21)16(12,3)4/h6-9,12H,10-11H2,1-5H3. The van der Waals surface area contributed by atoms with Crippen LogP contribution in [0, 0.1) is 22.2 Å². The molecular formula is C18H24O3. The molecule has 0 saturated heterocycles. The van der Waals surface area contributed by atoms with Gasteiger partial charge in [-0.05, 0) is 50.2 Å². The molecule has 0 spiro atoms. The number of hydrogen-bond donors (Lipinski definition) is 0. The van der Waals surface area contributed by atoms with Gasteiger partial charge in [0.1, 0.15) is 0 Å². The van der Waals surface area contributed by atoms with Gasteiger partial charge in [0, 0.05) is 5.41 Å². The highest BCUT2D eigenvalue weighted by Gasteiger charge is 2.76. The monoisotopic (exact) mass is 288 g/mol. The Bertz CT molecular complexity index is 541. The van der Waals surface area contributed by atoms with Crippen LogP contribution in [0.4, 0.5) is 0 Å². The maximum atomic E-state index is 13.1. The number of rotatable bonds is 4. The Morgan fingerprint density at radius 3 is 1.86 bits per heavy atom. The molecule has 0 aromatic carbocycles. The lowest BCUT2D eigenvalue weighted by Gasteiger charge is -2.33. The van der Waals surface area contributed by atoms with Crippen LogP contribution in [0.15, 0.2) is 24.3 Å². The normalized spacial score (nSPS) is 37.8. The number of allylic oxidation sites excluding steroid dienone is 4. The molecule has 114 valence electrons. The van der Waals surface area contributed by atoms with Gasteiger partial charge in [0.15, 0.2) is 22.8 Å². The molecule has 3 heteroatoms. The summed E-state index contributed by atoms with van der Waals surface area (Å²) in [5.74, 6) is -1.09. The van der Waals surface area contributed by atoms with E-state index in [1.807, 2.05) is 20.8 Å². The molecule has 0 amide bonds. The van der Waals surface area contributed by atoms with Crippen LogP contribution in [0.5, 0.6) is 0 Å². The van der Waals surface area contributed by atoms with Gasteiger partial charge in [-0.1, -0.05) is 32.9 Å². The van der Waals surface area contributed by atoms with Gasteiger partial charge < -0.3 is 0 Å². The number of ketones is 3. The number of carbonyl (C=O) groups excluding carboxylic acids is 3. The SMILES string of the molecule is CC=CC(=O)C1(C(=O)C=CC)C(=O)C2(C)CCC1C2(C)C. The topological polar surface area (TPSA) is 51.2 Å². The largest absolute Gasteiger partial charge is 0.297 e. The summed E-state index contributed by atoms with van der Waals surface area (Å²) in [6.45, 7) is 9.43. The van der Waals surface area contributed by atoms with Crippen molar-refractivity contribution in [3.63, 3.8) is 0 Å². The van der Waals surface area contributed by atoms with Crippen LogP contribution in [0.3, 0.4) is 0 Å². The Hall–Kier alpha value is -1.51. The summed E-state index contributed by atoms with van der Waals surface area (Å²) in [5, 5.41) is 0. The Morgan fingerprint density at radius 1 is 1.05 bits per heavy atom. The third-order valence-corrected chi connectivity index (χ3v) is 6.02. The minimum absolute atomic E-state index is 0.178. The van der Waals surface area contributed by atoms with Crippen molar-refractivity contribution in [2.24, 2.45) is 22.2 Å². The van der Waals surface area contributed by atoms with E-state index in [2.05, 4.69) is 0 Å². The predicted molar refractivity (Wildman–Crippen MR) is 81.7 cm³/mol. The van der Waals surface area contributed by atoms with E-state index >= 15 is 0 Å². The zero-order chi connectivity index (χ0) is 16.1. The number of Topliss-reactive ketones (excluding diaryl/α,β-unsaturated/α-hetero) is 1. The van der Waals surface area contributed by atoms with E-state index in [1.165, 1.54) is 12.2 Å². The second kappa shape index (κ2) is 4.75. The van der Waals surface area contributed by atoms with Crippen molar-refractivity contribution in [3.05, 3.63) is 24.3 Å². The number of carbonyl (C=O) groups is 3. The lowest BCUT2D eigenvalue weighted by Crippen LogP contribution is -2.51. The van der Waals surface area contributed by atoms with Gasteiger partial charge in [0.05, 0.1) is 0 Å². The Kier molecular flexibility index (Phi) is 3.59. The maximum absolute atomic E-state index is 13.1. The molecule has 0 N–H and O–H groups in total. The van der Waals surface area contributed by atoms with E-state index in [4.69, 9.17) is 0 Å². The highest BCUT2D eigenvalue weighted by atomic mass is 16.2. The van der Waals surface area contributed by atoms with Crippen molar-refractivity contribution in [2.45, 2.75) is 47.5 Å². The summed E-state index contributed by atoms with van der Waals surface area (Å²) < 4.78 is 0. The average molecular weight is 288 g/mol. The molecular weight excluding hydrogens is 264 g/mol. The van der Waals surface area contributed by atoms with E-state index in [1.54, 1.807) is 26.0 Å². The zero-order valence-corrected chi connectivity index (χ0v) is 13.5. The summed E-state index contributed by atoms with van der Waals surface area (Å²) in [6, 6.07) is 0. The summed E-state index contributed by atoms with van der Waals surface area (Å²) in [4.78, 5) is 38.7. The quantitative estimate of drug-likeness (QED) is 0.589. The van der Waals surface area contributed by atoms with Gasteiger partial charge in [-0.3, -0.25) is 14.4 Å². The van der Waals surface area contributed by atoms with Crippen LogP contribution in [0.1, 0.15) is 47.5 Å². The van der Waals surface area contributed by atoms with Crippen molar-refractivity contribution in [3.8, 4) is 0 Å². The lowest BCUT2D eigenvalue weighted by atomic mass is 9.63. The van der Waals surface area contributed by atoms with Crippen LogP contribution in [-0.2, 0) is 14.4 Å². The Balaban J connectivity index is 2.71. The molecule has 0 aliphatic heterocycles. The van der Waals surface area contributed by atoms with Crippen molar-refractivity contribution in [1.29, 1.82) is 0 Å². The molecule has 2 rings (SSSR count). The highest BCUT2D eigenvalue weighted by Crippen LogP contribution is 2.70. The third-order valence-electron chi connectivity index (χ3n) is 6.02. The predicted octanol–water partition coefficient (Wildman–Crippen LogP) is 3.29. The Labute approximate surface area is 126 Å². The van der Waals surface area contributed by atoms with Gasteiger partial charge in [0.25, 0.3) is 0 Å². The van der Waals surface area contributed by atoms with Crippen LogP contribution < -0.4 is 0 Å². The molecule has 0 aromatic heterocycles. The van der Waals surface area contributed by atoms with E-state index in [9.17, 15) is 14.4 Å². The van der Waals surface area contributed by atoms with Gasteiger partial charge in [-0.2, -0.15) is 0 Å². The molecule has 0 heterocycles. The fourth-order valence-electron chi connectivity index (χ4n) is 4.51. The molecule has 0 radical (unpaired) electrons.